The Bertz CT molecular complexity index is 267. The van der Waals surface area contributed by atoms with E-state index in [4.69, 9.17) is 10.3 Å². The number of aromatic nitrogens is 2. The van der Waals surface area contributed by atoms with Crippen LogP contribution in [0.25, 0.3) is 0 Å². The smallest absolute Gasteiger partial charge is 0.260 e. The molecule has 5 nitrogen and oxygen atoms in total. The van der Waals surface area contributed by atoms with Gasteiger partial charge in [0.2, 0.25) is 5.89 Å². The van der Waals surface area contributed by atoms with Gasteiger partial charge in [-0.05, 0) is 18.0 Å². The van der Waals surface area contributed by atoms with Gasteiger partial charge in [-0.3, -0.25) is 0 Å². The van der Waals surface area contributed by atoms with Crippen molar-refractivity contribution in [2.75, 3.05) is 5.73 Å². The Hall–Kier alpha value is -1.10. The largest absolute Gasteiger partial charge is 0.365 e. The molecular weight excluding hydrogens is 168 g/mol. The van der Waals surface area contributed by atoms with Crippen molar-refractivity contribution in [2.24, 2.45) is 0 Å². The van der Waals surface area contributed by atoms with Crippen molar-refractivity contribution in [1.29, 1.82) is 0 Å². The zero-order valence-corrected chi connectivity index (χ0v) is 7.49. The number of nitrogens with two attached hydrogens (primary N) is 1. The third kappa shape index (κ3) is 2.18. The first-order valence-electron chi connectivity index (χ1n) is 4.66. The molecule has 1 saturated carbocycles. The van der Waals surface area contributed by atoms with Crippen LogP contribution in [0.5, 0.6) is 0 Å². The predicted octanol–water partition coefficient (Wildman–Crippen LogP) is 0.684. The fourth-order valence-corrected chi connectivity index (χ4v) is 1.70. The molecule has 1 aromatic rings. The minimum atomic E-state index is 0.211. The van der Waals surface area contributed by atoms with Gasteiger partial charge in [-0.1, -0.05) is 12.8 Å². The van der Waals surface area contributed by atoms with Crippen molar-refractivity contribution in [3.63, 3.8) is 0 Å². The highest BCUT2D eigenvalue weighted by atomic mass is 16.5. The first-order valence-corrected chi connectivity index (χ1v) is 4.66. The Morgan fingerprint density at radius 2 is 2.23 bits per heavy atom. The summed E-state index contributed by atoms with van der Waals surface area (Å²) in [7, 11) is 0. The van der Waals surface area contributed by atoms with E-state index in [0.29, 0.717) is 18.5 Å². The molecule has 0 atom stereocenters. The molecule has 0 aliphatic heterocycles. The van der Waals surface area contributed by atoms with Gasteiger partial charge in [-0.2, -0.15) is 4.98 Å². The van der Waals surface area contributed by atoms with Crippen molar-refractivity contribution in [1.82, 2.24) is 15.5 Å². The Kier molecular flexibility index (Phi) is 2.44. The van der Waals surface area contributed by atoms with Gasteiger partial charge in [-0.25, -0.2) is 0 Å². The Morgan fingerprint density at radius 1 is 1.46 bits per heavy atom. The van der Waals surface area contributed by atoms with Gasteiger partial charge in [0, 0.05) is 6.04 Å². The summed E-state index contributed by atoms with van der Waals surface area (Å²) in [5.74, 6) is 0.785. The summed E-state index contributed by atoms with van der Waals surface area (Å²) in [5, 5.41) is 6.87. The highest BCUT2D eigenvalue weighted by Crippen LogP contribution is 2.17. The molecule has 0 amide bonds. The van der Waals surface area contributed by atoms with Gasteiger partial charge < -0.3 is 15.6 Å². The van der Waals surface area contributed by atoms with Crippen LogP contribution in [-0.2, 0) is 6.54 Å². The quantitative estimate of drug-likeness (QED) is 0.719. The van der Waals surface area contributed by atoms with Crippen LogP contribution in [0.3, 0.4) is 0 Å². The Morgan fingerprint density at radius 3 is 2.85 bits per heavy atom. The molecule has 13 heavy (non-hydrogen) atoms. The van der Waals surface area contributed by atoms with E-state index in [1.807, 2.05) is 0 Å². The van der Waals surface area contributed by atoms with Crippen molar-refractivity contribution in [2.45, 2.75) is 38.3 Å². The highest BCUT2D eigenvalue weighted by Gasteiger charge is 2.14. The van der Waals surface area contributed by atoms with Gasteiger partial charge in [0.05, 0.1) is 6.54 Å². The number of nitrogens with one attached hydrogen (secondary N) is 1. The zero-order chi connectivity index (χ0) is 9.10. The molecule has 0 radical (unpaired) electrons. The van der Waals surface area contributed by atoms with Gasteiger partial charge in [0.15, 0.2) is 0 Å². The van der Waals surface area contributed by atoms with Crippen LogP contribution in [0.1, 0.15) is 31.6 Å². The van der Waals surface area contributed by atoms with Crippen LogP contribution < -0.4 is 11.1 Å². The third-order valence-corrected chi connectivity index (χ3v) is 2.38. The second kappa shape index (κ2) is 3.74. The maximum Gasteiger partial charge on any atom is 0.260 e. The van der Waals surface area contributed by atoms with Crippen LogP contribution in [0.15, 0.2) is 4.52 Å². The Labute approximate surface area is 76.7 Å². The third-order valence-electron chi connectivity index (χ3n) is 2.38. The fraction of sp³-hybridized carbons (Fsp3) is 0.750. The molecule has 72 valence electrons. The van der Waals surface area contributed by atoms with Crippen molar-refractivity contribution in [3.8, 4) is 0 Å². The second-order valence-electron chi connectivity index (χ2n) is 3.41. The molecule has 1 aliphatic carbocycles. The van der Waals surface area contributed by atoms with Crippen molar-refractivity contribution < 1.29 is 4.52 Å². The summed E-state index contributed by atoms with van der Waals surface area (Å²) < 4.78 is 4.88. The summed E-state index contributed by atoms with van der Waals surface area (Å²) in [5.41, 5.74) is 5.32. The van der Waals surface area contributed by atoms with E-state index in [9.17, 15) is 0 Å². The van der Waals surface area contributed by atoms with E-state index in [1.165, 1.54) is 25.7 Å². The van der Waals surface area contributed by atoms with Crippen LogP contribution in [0.4, 0.5) is 5.95 Å². The molecular formula is C8H14N4O. The number of hydrogen-bond acceptors (Lipinski definition) is 5. The van der Waals surface area contributed by atoms with E-state index in [0.717, 1.165) is 0 Å². The standard InChI is InChI=1S/C8H14N4O/c9-8-11-7(13-12-8)5-10-6-3-1-2-4-6/h6,10H,1-5H2,(H2,9,12). The minimum Gasteiger partial charge on any atom is -0.365 e. The number of nitrogen functional groups attached to an aromatic ring is 1. The average Bonchev–Trinajstić information content (AvgIpc) is 2.71. The van der Waals surface area contributed by atoms with E-state index >= 15 is 0 Å². The van der Waals surface area contributed by atoms with E-state index in [1.54, 1.807) is 0 Å². The number of nitrogens with zero attached hydrogens (tertiary/aromatic N) is 2. The van der Waals surface area contributed by atoms with Crippen molar-refractivity contribution in [3.05, 3.63) is 5.89 Å². The average molecular weight is 182 g/mol. The van der Waals surface area contributed by atoms with E-state index < -0.39 is 0 Å². The summed E-state index contributed by atoms with van der Waals surface area (Å²) >= 11 is 0. The SMILES string of the molecule is Nc1noc(CNC2CCCC2)n1. The first kappa shape index (κ1) is 8.50. The second-order valence-corrected chi connectivity index (χ2v) is 3.41. The molecule has 0 spiro atoms. The Balaban J connectivity index is 1.78. The maximum atomic E-state index is 5.32. The zero-order valence-electron chi connectivity index (χ0n) is 7.49. The van der Waals surface area contributed by atoms with Crippen LogP contribution in [0, 0.1) is 0 Å². The van der Waals surface area contributed by atoms with Gasteiger partial charge in [-0.15, -0.1) is 0 Å². The number of rotatable bonds is 3. The number of hydrogen-bond donors (Lipinski definition) is 2. The van der Waals surface area contributed by atoms with Gasteiger partial charge >= 0.3 is 0 Å². The molecule has 0 saturated heterocycles. The summed E-state index contributed by atoms with van der Waals surface area (Å²) in [6, 6.07) is 0.619. The minimum absolute atomic E-state index is 0.211. The summed E-state index contributed by atoms with van der Waals surface area (Å²) in [6.45, 7) is 0.634. The molecule has 1 aromatic heterocycles. The summed E-state index contributed by atoms with van der Waals surface area (Å²) in [6.07, 6.45) is 5.15. The lowest BCUT2D eigenvalue weighted by Gasteiger charge is -2.08. The first-order chi connectivity index (χ1) is 6.34. The maximum absolute atomic E-state index is 5.32. The van der Waals surface area contributed by atoms with Gasteiger partial charge in [0.25, 0.3) is 5.95 Å². The molecule has 1 aliphatic rings. The molecule has 3 N–H and O–H groups in total. The lowest BCUT2D eigenvalue weighted by Crippen LogP contribution is -2.25. The van der Waals surface area contributed by atoms with Gasteiger partial charge in [0.1, 0.15) is 0 Å². The fourth-order valence-electron chi connectivity index (χ4n) is 1.70. The van der Waals surface area contributed by atoms with E-state index in [-0.39, 0.29) is 5.95 Å². The predicted molar refractivity (Wildman–Crippen MR) is 47.8 cm³/mol. The lowest BCUT2D eigenvalue weighted by atomic mass is 10.2. The normalized spacial score (nSPS) is 18.2. The molecule has 0 unspecified atom stereocenters. The topological polar surface area (TPSA) is 77.0 Å². The molecule has 0 aromatic carbocycles. The van der Waals surface area contributed by atoms with Crippen LogP contribution in [-0.4, -0.2) is 16.2 Å². The van der Waals surface area contributed by atoms with Crippen LogP contribution in [0.2, 0.25) is 0 Å². The van der Waals surface area contributed by atoms with Crippen LogP contribution >= 0.6 is 0 Å². The monoisotopic (exact) mass is 182 g/mol. The van der Waals surface area contributed by atoms with Crippen molar-refractivity contribution >= 4 is 5.95 Å². The lowest BCUT2D eigenvalue weighted by molar-refractivity contribution is 0.357. The molecule has 1 heterocycles. The summed E-state index contributed by atoms with van der Waals surface area (Å²) in [4.78, 5) is 3.91. The highest BCUT2D eigenvalue weighted by molar-refractivity contribution is 5.10. The molecule has 5 heteroatoms. The molecule has 1 fully saturated rings. The number of anilines is 1. The van der Waals surface area contributed by atoms with E-state index in [2.05, 4.69) is 15.5 Å². The molecule has 0 bridgehead atoms. The molecule has 2 rings (SSSR count).